The van der Waals surface area contributed by atoms with Gasteiger partial charge in [-0.3, -0.25) is 10.1 Å². The molecule has 4 aromatic heterocycles. The Labute approximate surface area is 254 Å². The van der Waals surface area contributed by atoms with Crippen LogP contribution in [0.4, 0.5) is 14.9 Å². The second-order valence-electron chi connectivity index (χ2n) is 9.85. The number of amides is 2. The predicted molar refractivity (Wildman–Crippen MR) is 161 cm³/mol. The molecule has 228 valence electrons. The molecule has 0 saturated carbocycles. The van der Waals surface area contributed by atoms with Crippen molar-refractivity contribution in [2.24, 2.45) is 0 Å². The van der Waals surface area contributed by atoms with Gasteiger partial charge in [0.2, 0.25) is 5.88 Å². The molecule has 0 bridgehead atoms. The molecule has 2 atom stereocenters. The van der Waals surface area contributed by atoms with Crippen LogP contribution in [0.5, 0.6) is 11.8 Å². The van der Waals surface area contributed by atoms with Crippen molar-refractivity contribution in [3.63, 3.8) is 0 Å². The van der Waals surface area contributed by atoms with Gasteiger partial charge in [0, 0.05) is 18.2 Å². The molecular weight excluding hydrogens is 593 g/mol. The highest BCUT2D eigenvalue weighted by Crippen LogP contribution is 2.35. The highest BCUT2D eigenvalue weighted by Gasteiger charge is 2.18. The summed E-state index contributed by atoms with van der Waals surface area (Å²) in [5.74, 6) is -1.04. The number of fused-ring (bicyclic) bond motifs is 2. The minimum Gasteiger partial charge on any atom is -0.480 e. The molecule has 2 amide bonds. The van der Waals surface area contributed by atoms with Gasteiger partial charge in [-0.2, -0.15) is 4.98 Å². The van der Waals surface area contributed by atoms with E-state index in [0.717, 1.165) is 11.1 Å². The molecule has 0 aliphatic heterocycles. The number of methoxy groups -OCH3 is 1. The molecule has 0 radical (unpaired) electrons. The van der Waals surface area contributed by atoms with E-state index in [9.17, 15) is 19.1 Å². The predicted octanol–water partition coefficient (Wildman–Crippen LogP) is 4.28. The first-order chi connectivity index (χ1) is 21.1. The Kier molecular flexibility index (Phi) is 9.06. The van der Waals surface area contributed by atoms with E-state index in [1.807, 2.05) is 19.1 Å². The number of nitrogens with zero attached hydrogens (tertiary/aromatic N) is 5. The van der Waals surface area contributed by atoms with Crippen LogP contribution in [0, 0.1) is 12.7 Å². The largest absolute Gasteiger partial charge is 0.480 e. The standard InChI is InChI=1S/C29H28FN7O6S/c1-14-7-18(24-21(8-14)35-23(41-4)12-32-24)27-36-22-9-19(30)26(37-28(22)44-27)42-13-16(3)43-29(40)34-17-5-6-20(31-11-17)25(39)33-10-15(2)38/h5-9,11-12,15-16,38H,10,13H2,1-4H3,(H,33,39)(H,34,40)/t15-,16-/m1/s1. The SMILES string of the molecule is COc1cnc2c(-c3nc4cc(F)c(OC[C@@H](C)OC(=O)Nc5ccc(C(=O)NC[C@@H](C)O)nc5)nc4s3)cc(C)cc2n1. The number of thiazole rings is 1. The molecule has 0 spiro atoms. The Morgan fingerprint density at radius 3 is 2.61 bits per heavy atom. The number of ether oxygens (including phenoxy) is 3. The summed E-state index contributed by atoms with van der Waals surface area (Å²) in [7, 11) is 1.52. The molecule has 13 nitrogen and oxygen atoms in total. The lowest BCUT2D eigenvalue weighted by atomic mass is 10.1. The molecule has 0 aliphatic rings. The number of aliphatic hydroxyl groups is 1. The number of anilines is 1. The molecule has 0 aliphatic carbocycles. The first-order valence-corrected chi connectivity index (χ1v) is 14.2. The van der Waals surface area contributed by atoms with Gasteiger partial charge in [0.1, 0.15) is 33.8 Å². The lowest BCUT2D eigenvalue weighted by Crippen LogP contribution is -2.31. The summed E-state index contributed by atoms with van der Waals surface area (Å²) in [6.45, 7) is 4.97. The molecule has 0 unspecified atom stereocenters. The van der Waals surface area contributed by atoms with Crippen LogP contribution in [0.1, 0.15) is 29.9 Å². The van der Waals surface area contributed by atoms with Crippen LogP contribution in [-0.4, -0.2) is 74.5 Å². The number of benzene rings is 1. The Bertz CT molecular complexity index is 1830. The normalized spacial score (nSPS) is 12.5. The van der Waals surface area contributed by atoms with E-state index in [4.69, 9.17) is 14.2 Å². The Morgan fingerprint density at radius 1 is 1.07 bits per heavy atom. The van der Waals surface area contributed by atoms with Gasteiger partial charge in [-0.25, -0.2) is 29.1 Å². The number of hydrogen-bond donors (Lipinski definition) is 3. The Hall–Kier alpha value is -5.02. The number of aryl methyl sites for hydroxylation is 1. The zero-order valence-corrected chi connectivity index (χ0v) is 24.9. The zero-order chi connectivity index (χ0) is 31.4. The number of pyridine rings is 2. The number of carbonyl (C=O) groups is 2. The number of aliphatic hydroxyl groups excluding tert-OH is 1. The average Bonchev–Trinajstić information content (AvgIpc) is 3.40. The van der Waals surface area contributed by atoms with Crippen LogP contribution >= 0.6 is 11.3 Å². The summed E-state index contributed by atoms with van der Waals surface area (Å²) in [4.78, 5) is 46.6. The monoisotopic (exact) mass is 621 g/mol. The fourth-order valence-corrected chi connectivity index (χ4v) is 4.97. The van der Waals surface area contributed by atoms with Crippen LogP contribution in [0.2, 0.25) is 0 Å². The van der Waals surface area contributed by atoms with E-state index in [1.165, 1.54) is 49.0 Å². The summed E-state index contributed by atoms with van der Waals surface area (Å²) in [6, 6.07) is 7.96. The molecule has 44 heavy (non-hydrogen) atoms. The van der Waals surface area contributed by atoms with Gasteiger partial charge in [0.15, 0.2) is 5.82 Å². The number of carbonyl (C=O) groups excluding carboxylic acids is 2. The molecule has 0 fully saturated rings. The van der Waals surface area contributed by atoms with Crippen LogP contribution in [0.25, 0.3) is 32.0 Å². The summed E-state index contributed by atoms with van der Waals surface area (Å²) >= 11 is 1.25. The lowest BCUT2D eigenvalue weighted by molar-refractivity contribution is 0.0827. The molecular formula is C29H28FN7O6S. The van der Waals surface area contributed by atoms with Crippen molar-refractivity contribution in [2.45, 2.75) is 33.0 Å². The van der Waals surface area contributed by atoms with Gasteiger partial charge in [-0.15, -0.1) is 0 Å². The van der Waals surface area contributed by atoms with Gasteiger partial charge in [-0.05, 0) is 50.6 Å². The summed E-state index contributed by atoms with van der Waals surface area (Å²) < 4.78 is 30.9. The summed E-state index contributed by atoms with van der Waals surface area (Å²) in [5, 5.41) is 14.9. The minimum atomic E-state index is -0.795. The van der Waals surface area contributed by atoms with E-state index >= 15 is 0 Å². The van der Waals surface area contributed by atoms with Crippen molar-refractivity contribution in [1.82, 2.24) is 30.2 Å². The third-order valence-corrected chi connectivity index (χ3v) is 7.08. The molecule has 3 N–H and O–H groups in total. The van der Waals surface area contributed by atoms with Crippen LogP contribution in [0.3, 0.4) is 0 Å². The summed E-state index contributed by atoms with van der Waals surface area (Å²) in [6.07, 6.45) is 0.563. The van der Waals surface area contributed by atoms with Gasteiger partial charge in [0.05, 0.1) is 42.3 Å². The van der Waals surface area contributed by atoms with Crippen LogP contribution in [-0.2, 0) is 4.74 Å². The van der Waals surface area contributed by atoms with E-state index in [0.29, 0.717) is 38.0 Å². The Morgan fingerprint density at radius 2 is 1.89 bits per heavy atom. The third kappa shape index (κ3) is 7.12. The number of aromatic nitrogens is 5. The Balaban J connectivity index is 1.21. The van der Waals surface area contributed by atoms with Gasteiger partial charge < -0.3 is 24.6 Å². The highest BCUT2D eigenvalue weighted by molar-refractivity contribution is 7.21. The van der Waals surface area contributed by atoms with Gasteiger partial charge in [0.25, 0.3) is 11.8 Å². The van der Waals surface area contributed by atoms with Crippen molar-refractivity contribution in [3.8, 4) is 22.3 Å². The maximum Gasteiger partial charge on any atom is 0.412 e. The number of hydrogen-bond acceptors (Lipinski definition) is 12. The number of halogens is 1. The zero-order valence-electron chi connectivity index (χ0n) is 24.1. The fraction of sp³-hybridized carbons (Fsp3) is 0.276. The molecule has 5 aromatic rings. The molecule has 5 rings (SSSR count). The van der Waals surface area contributed by atoms with E-state index in [-0.39, 0.29) is 24.7 Å². The maximum atomic E-state index is 14.9. The molecule has 4 heterocycles. The first kappa shape index (κ1) is 30.4. The third-order valence-electron chi connectivity index (χ3n) is 6.08. The fourth-order valence-electron chi connectivity index (χ4n) is 4.04. The highest BCUT2D eigenvalue weighted by atomic mass is 32.1. The van der Waals surface area contributed by atoms with E-state index in [1.54, 1.807) is 13.8 Å². The number of rotatable bonds is 10. The summed E-state index contributed by atoms with van der Waals surface area (Å²) in [5.41, 5.74) is 3.72. The van der Waals surface area contributed by atoms with Crippen molar-refractivity contribution in [3.05, 3.63) is 59.8 Å². The van der Waals surface area contributed by atoms with Gasteiger partial charge >= 0.3 is 6.09 Å². The average molecular weight is 622 g/mol. The van der Waals surface area contributed by atoms with E-state index in [2.05, 4.69) is 35.6 Å². The lowest BCUT2D eigenvalue weighted by Gasteiger charge is -2.15. The minimum absolute atomic E-state index is 0.0854. The molecule has 0 saturated heterocycles. The van der Waals surface area contributed by atoms with Crippen molar-refractivity contribution in [2.75, 3.05) is 25.6 Å². The van der Waals surface area contributed by atoms with Crippen LogP contribution in [0.15, 0.2) is 42.7 Å². The second-order valence-corrected chi connectivity index (χ2v) is 10.8. The topological polar surface area (TPSA) is 171 Å². The smallest absolute Gasteiger partial charge is 0.412 e. The maximum absolute atomic E-state index is 14.9. The van der Waals surface area contributed by atoms with Crippen LogP contribution < -0.4 is 20.1 Å². The molecule has 1 aromatic carbocycles. The first-order valence-electron chi connectivity index (χ1n) is 13.4. The van der Waals surface area contributed by atoms with Crippen molar-refractivity contribution >= 4 is 50.4 Å². The second kappa shape index (κ2) is 13.1. The van der Waals surface area contributed by atoms with Gasteiger partial charge in [-0.1, -0.05) is 11.3 Å². The molecule has 15 heteroatoms. The van der Waals surface area contributed by atoms with Crippen molar-refractivity contribution in [1.29, 1.82) is 0 Å². The van der Waals surface area contributed by atoms with Crippen molar-refractivity contribution < 1.29 is 33.3 Å². The number of nitrogens with one attached hydrogen (secondary N) is 2. The van der Waals surface area contributed by atoms with E-state index < -0.39 is 30.0 Å². The quantitative estimate of drug-likeness (QED) is 0.203.